The van der Waals surface area contributed by atoms with E-state index in [1.165, 1.54) is 0 Å². The Hall–Kier alpha value is -2.17. The molecule has 1 amide bonds. The molecule has 2 aromatic carbocycles. The summed E-state index contributed by atoms with van der Waals surface area (Å²) in [5, 5.41) is 1.79. The maximum Gasteiger partial charge on any atom is 0.250 e. The second kappa shape index (κ2) is 6.14. The van der Waals surface area contributed by atoms with Gasteiger partial charge in [0.2, 0.25) is 0 Å². The van der Waals surface area contributed by atoms with E-state index in [9.17, 15) is 4.79 Å². The number of nitrogens with two attached hydrogens (primary N) is 1. The van der Waals surface area contributed by atoms with Crippen molar-refractivity contribution in [2.75, 3.05) is 7.11 Å². The van der Waals surface area contributed by atoms with Crippen molar-refractivity contribution in [3.05, 3.63) is 63.8 Å². The van der Waals surface area contributed by atoms with Gasteiger partial charge >= 0.3 is 0 Å². The number of primary amides is 1. The lowest BCUT2D eigenvalue weighted by atomic mass is 10.1. The molecule has 3 aromatic rings. The number of methoxy groups -OCH3 is 1. The van der Waals surface area contributed by atoms with Gasteiger partial charge in [0, 0.05) is 24.2 Å². The van der Waals surface area contributed by atoms with Gasteiger partial charge in [-0.3, -0.25) is 4.79 Å². The van der Waals surface area contributed by atoms with Crippen LogP contribution in [0.15, 0.2) is 42.6 Å². The Morgan fingerprint density at radius 3 is 2.61 bits per heavy atom. The molecule has 118 valence electrons. The Morgan fingerprint density at radius 2 is 1.96 bits per heavy atom. The van der Waals surface area contributed by atoms with Crippen molar-refractivity contribution in [3.8, 4) is 5.75 Å². The summed E-state index contributed by atoms with van der Waals surface area (Å²) in [4.78, 5) is 11.7. The lowest BCUT2D eigenvalue weighted by molar-refractivity contribution is 0.100. The van der Waals surface area contributed by atoms with Crippen LogP contribution in [0.5, 0.6) is 5.75 Å². The highest BCUT2D eigenvalue weighted by Crippen LogP contribution is 2.28. The second-order valence-electron chi connectivity index (χ2n) is 5.17. The molecule has 2 N–H and O–H groups in total. The van der Waals surface area contributed by atoms with Crippen LogP contribution in [0.4, 0.5) is 0 Å². The van der Waals surface area contributed by atoms with Crippen molar-refractivity contribution in [2.45, 2.75) is 6.54 Å². The largest absolute Gasteiger partial charge is 0.497 e. The number of hydrogen-bond donors (Lipinski definition) is 1. The predicted octanol–water partition coefficient (Wildman–Crippen LogP) is 4.10. The zero-order valence-corrected chi connectivity index (χ0v) is 13.9. The molecular weight excluding hydrogens is 335 g/mol. The monoisotopic (exact) mass is 348 g/mol. The molecule has 0 spiro atoms. The number of fused-ring (bicyclic) bond motifs is 1. The van der Waals surface area contributed by atoms with Gasteiger partial charge in [0.05, 0.1) is 28.2 Å². The first-order chi connectivity index (χ1) is 11.0. The van der Waals surface area contributed by atoms with Crippen molar-refractivity contribution in [1.82, 2.24) is 4.57 Å². The van der Waals surface area contributed by atoms with E-state index in [0.717, 1.165) is 16.5 Å². The van der Waals surface area contributed by atoms with Gasteiger partial charge in [0.25, 0.3) is 5.91 Å². The van der Waals surface area contributed by atoms with Crippen LogP contribution in [0.25, 0.3) is 10.9 Å². The number of nitrogens with zero attached hydrogens (tertiary/aromatic N) is 1. The van der Waals surface area contributed by atoms with E-state index < -0.39 is 5.91 Å². The van der Waals surface area contributed by atoms with E-state index in [-0.39, 0.29) is 0 Å². The molecule has 0 aliphatic carbocycles. The minimum Gasteiger partial charge on any atom is -0.497 e. The number of rotatable bonds is 4. The highest BCUT2D eigenvalue weighted by atomic mass is 35.5. The number of amides is 1. The van der Waals surface area contributed by atoms with Gasteiger partial charge in [-0.15, -0.1) is 0 Å². The van der Waals surface area contributed by atoms with Gasteiger partial charge in [-0.1, -0.05) is 29.3 Å². The topological polar surface area (TPSA) is 57.2 Å². The predicted molar refractivity (Wildman–Crippen MR) is 92.6 cm³/mol. The zero-order valence-electron chi connectivity index (χ0n) is 12.3. The fraction of sp³-hybridized carbons (Fsp3) is 0.118. The minimum atomic E-state index is -0.465. The summed E-state index contributed by atoms with van der Waals surface area (Å²) < 4.78 is 7.21. The highest BCUT2D eigenvalue weighted by molar-refractivity contribution is 6.42. The van der Waals surface area contributed by atoms with Gasteiger partial charge in [-0.05, 0) is 29.8 Å². The Kier molecular flexibility index (Phi) is 4.20. The van der Waals surface area contributed by atoms with Crippen LogP contribution in [0, 0.1) is 0 Å². The molecule has 0 unspecified atom stereocenters. The second-order valence-corrected chi connectivity index (χ2v) is 5.98. The molecule has 6 heteroatoms. The van der Waals surface area contributed by atoms with E-state index in [1.54, 1.807) is 31.5 Å². The number of halogens is 2. The molecule has 23 heavy (non-hydrogen) atoms. The van der Waals surface area contributed by atoms with Crippen LogP contribution >= 0.6 is 23.2 Å². The fourth-order valence-electron chi connectivity index (χ4n) is 2.56. The highest BCUT2D eigenvalue weighted by Gasteiger charge is 2.14. The normalized spacial score (nSPS) is 10.9. The lowest BCUT2D eigenvalue weighted by Gasteiger charge is -2.08. The summed E-state index contributed by atoms with van der Waals surface area (Å²) in [6.07, 6.45) is 1.74. The van der Waals surface area contributed by atoms with E-state index in [1.807, 2.05) is 22.8 Å². The van der Waals surface area contributed by atoms with Crippen molar-refractivity contribution < 1.29 is 9.53 Å². The quantitative estimate of drug-likeness (QED) is 0.771. The smallest absolute Gasteiger partial charge is 0.250 e. The summed E-state index contributed by atoms with van der Waals surface area (Å²) in [6.45, 7) is 0.536. The van der Waals surface area contributed by atoms with Crippen LogP contribution in [-0.2, 0) is 6.54 Å². The average Bonchev–Trinajstić information content (AvgIpc) is 2.89. The summed E-state index contributed by atoms with van der Waals surface area (Å²) >= 11 is 12.0. The first-order valence-corrected chi connectivity index (χ1v) is 7.66. The average molecular weight is 349 g/mol. The summed E-state index contributed by atoms with van der Waals surface area (Å²) in [6, 6.07) is 11.0. The van der Waals surface area contributed by atoms with Crippen molar-refractivity contribution in [1.29, 1.82) is 0 Å². The molecule has 1 heterocycles. The van der Waals surface area contributed by atoms with Crippen LogP contribution in [0.1, 0.15) is 15.9 Å². The number of aromatic nitrogens is 1. The van der Waals surface area contributed by atoms with Crippen molar-refractivity contribution in [3.63, 3.8) is 0 Å². The van der Waals surface area contributed by atoms with Crippen LogP contribution in [0.2, 0.25) is 10.0 Å². The Labute approximate surface area is 143 Å². The van der Waals surface area contributed by atoms with Crippen LogP contribution in [0.3, 0.4) is 0 Å². The van der Waals surface area contributed by atoms with Gasteiger partial charge in [0.1, 0.15) is 5.75 Å². The molecule has 0 aliphatic rings. The molecule has 0 radical (unpaired) electrons. The number of carbonyl (C=O) groups is 1. The molecule has 0 bridgehead atoms. The minimum absolute atomic E-state index is 0.465. The number of benzene rings is 2. The molecular formula is C17H14Cl2N2O2. The van der Waals surface area contributed by atoms with E-state index in [4.69, 9.17) is 33.7 Å². The zero-order chi connectivity index (χ0) is 16.6. The van der Waals surface area contributed by atoms with E-state index in [2.05, 4.69) is 0 Å². The summed E-state index contributed by atoms with van der Waals surface area (Å²) in [5.74, 6) is 0.245. The third kappa shape index (κ3) is 3.00. The van der Waals surface area contributed by atoms with Crippen LogP contribution in [-0.4, -0.2) is 17.6 Å². The third-order valence-corrected chi connectivity index (χ3v) is 4.43. The Morgan fingerprint density at radius 1 is 1.17 bits per heavy atom. The Balaban J connectivity index is 2.11. The molecule has 0 fully saturated rings. The summed E-state index contributed by atoms with van der Waals surface area (Å²) in [5.41, 5.74) is 7.79. The standard InChI is InChI=1S/C17H14Cl2N2O2/c1-23-11-3-4-12-13(17(20)22)9-21(16(12)7-11)8-10-2-5-14(18)15(19)6-10/h2-7,9H,8H2,1H3,(H2,20,22). The van der Waals surface area contributed by atoms with Crippen molar-refractivity contribution >= 4 is 40.0 Å². The van der Waals surface area contributed by atoms with Gasteiger partial charge < -0.3 is 15.0 Å². The number of carbonyl (C=O) groups excluding carboxylic acids is 1. The molecule has 1 aromatic heterocycles. The maximum atomic E-state index is 11.7. The molecule has 0 atom stereocenters. The molecule has 4 nitrogen and oxygen atoms in total. The van der Waals surface area contributed by atoms with Gasteiger partial charge in [-0.2, -0.15) is 0 Å². The molecule has 0 saturated carbocycles. The van der Waals surface area contributed by atoms with Gasteiger partial charge in [-0.25, -0.2) is 0 Å². The first-order valence-electron chi connectivity index (χ1n) is 6.90. The van der Waals surface area contributed by atoms with E-state index in [0.29, 0.717) is 27.9 Å². The Bertz CT molecular complexity index is 903. The molecule has 0 saturated heterocycles. The first kappa shape index (κ1) is 15.7. The number of ether oxygens (including phenoxy) is 1. The molecule has 3 rings (SSSR count). The number of hydrogen-bond acceptors (Lipinski definition) is 2. The van der Waals surface area contributed by atoms with Gasteiger partial charge in [0.15, 0.2) is 0 Å². The van der Waals surface area contributed by atoms with Crippen LogP contribution < -0.4 is 10.5 Å². The summed E-state index contributed by atoms with van der Waals surface area (Å²) in [7, 11) is 1.60. The van der Waals surface area contributed by atoms with E-state index >= 15 is 0 Å². The lowest BCUT2D eigenvalue weighted by Crippen LogP contribution is -2.10. The van der Waals surface area contributed by atoms with Crippen molar-refractivity contribution in [2.24, 2.45) is 5.73 Å². The third-order valence-electron chi connectivity index (χ3n) is 3.69. The SMILES string of the molecule is COc1ccc2c(C(N)=O)cn(Cc3ccc(Cl)c(Cl)c3)c2c1. The molecule has 0 aliphatic heterocycles. The fourth-order valence-corrected chi connectivity index (χ4v) is 2.88. The maximum absolute atomic E-state index is 11.7.